The first-order chi connectivity index (χ1) is 10.9. The number of benzene rings is 1. The Morgan fingerprint density at radius 2 is 1.96 bits per heavy atom. The van der Waals surface area contributed by atoms with Gasteiger partial charge in [-0.1, -0.05) is 18.6 Å². The van der Waals surface area contributed by atoms with E-state index in [1.54, 1.807) is 25.2 Å². The Kier molecular flexibility index (Phi) is 7.52. The van der Waals surface area contributed by atoms with Crippen molar-refractivity contribution in [3.63, 3.8) is 0 Å². The van der Waals surface area contributed by atoms with Crippen molar-refractivity contribution in [2.24, 2.45) is 0 Å². The maximum atomic E-state index is 11.8. The van der Waals surface area contributed by atoms with Crippen molar-refractivity contribution in [3.8, 4) is 0 Å². The van der Waals surface area contributed by atoms with Gasteiger partial charge in [-0.15, -0.1) is 0 Å². The molecule has 2 N–H and O–H groups in total. The number of carbonyl (C=O) groups is 2. The number of hydrogen-bond donors (Lipinski definition) is 2. The fraction of sp³-hybridized carbons (Fsp3) is 0.467. The van der Waals surface area contributed by atoms with Gasteiger partial charge in [-0.2, -0.15) is 0 Å². The molecular weight excluding hydrogens is 302 g/mol. The van der Waals surface area contributed by atoms with Gasteiger partial charge < -0.3 is 15.3 Å². The number of likely N-dealkylation sites (N-methyl/N-ethyl adjacent to an activating group) is 1. The van der Waals surface area contributed by atoms with Crippen LogP contribution < -0.4 is 10.2 Å². The third kappa shape index (κ3) is 6.77. The Labute approximate surface area is 134 Å². The van der Waals surface area contributed by atoms with Crippen LogP contribution in [0.2, 0.25) is 0 Å². The topological polar surface area (TPSA) is 113 Å². The average Bonchev–Trinajstić information content (AvgIpc) is 2.50. The van der Waals surface area contributed by atoms with Crippen molar-refractivity contribution in [2.75, 3.05) is 25.0 Å². The number of carboxylic acid groups (broad SMARTS) is 1. The molecule has 0 saturated carbocycles. The van der Waals surface area contributed by atoms with E-state index in [4.69, 9.17) is 5.11 Å². The van der Waals surface area contributed by atoms with Gasteiger partial charge in [0.15, 0.2) is 0 Å². The van der Waals surface area contributed by atoms with E-state index in [9.17, 15) is 19.7 Å². The summed E-state index contributed by atoms with van der Waals surface area (Å²) in [5, 5.41) is 22.2. The van der Waals surface area contributed by atoms with E-state index in [1.807, 2.05) is 0 Å². The number of rotatable bonds is 10. The van der Waals surface area contributed by atoms with Crippen molar-refractivity contribution < 1.29 is 19.6 Å². The van der Waals surface area contributed by atoms with Crippen LogP contribution in [0.5, 0.6) is 0 Å². The molecule has 0 aliphatic carbocycles. The highest BCUT2D eigenvalue weighted by atomic mass is 16.6. The van der Waals surface area contributed by atoms with Crippen LogP contribution in [0.1, 0.15) is 25.7 Å². The van der Waals surface area contributed by atoms with Crippen molar-refractivity contribution in [1.29, 1.82) is 0 Å². The number of unbranched alkanes of at least 4 members (excludes halogenated alkanes) is 2. The summed E-state index contributed by atoms with van der Waals surface area (Å²) in [5.74, 6) is -1.05. The van der Waals surface area contributed by atoms with E-state index >= 15 is 0 Å². The molecule has 0 atom stereocenters. The van der Waals surface area contributed by atoms with Crippen molar-refractivity contribution in [3.05, 3.63) is 34.4 Å². The molecule has 0 saturated heterocycles. The molecule has 0 unspecified atom stereocenters. The molecule has 1 amide bonds. The Morgan fingerprint density at radius 3 is 2.61 bits per heavy atom. The second-order valence-corrected chi connectivity index (χ2v) is 5.16. The zero-order chi connectivity index (χ0) is 17.2. The van der Waals surface area contributed by atoms with Crippen LogP contribution >= 0.6 is 0 Å². The van der Waals surface area contributed by atoms with Gasteiger partial charge in [0.25, 0.3) is 5.69 Å². The number of nitrogens with zero attached hydrogens (tertiary/aromatic N) is 2. The maximum Gasteiger partial charge on any atom is 0.303 e. The van der Waals surface area contributed by atoms with Crippen LogP contribution in [0.15, 0.2) is 24.3 Å². The van der Waals surface area contributed by atoms with E-state index < -0.39 is 10.9 Å². The minimum absolute atomic E-state index is 0.0139. The summed E-state index contributed by atoms with van der Waals surface area (Å²) >= 11 is 0. The number of nitro groups is 1. The normalized spacial score (nSPS) is 10.1. The Balaban J connectivity index is 2.37. The third-order valence-corrected chi connectivity index (χ3v) is 3.26. The number of anilines is 1. The van der Waals surface area contributed by atoms with Gasteiger partial charge in [-0.25, -0.2) is 0 Å². The van der Waals surface area contributed by atoms with Gasteiger partial charge >= 0.3 is 5.97 Å². The monoisotopic (exact) mass is 323 g/mol. The zero-order valence-electron chi connectivity index (χ0n) is 13.0. The van der Waals surface area contributed by atoms with Gasteiger partial charge in [0.1, 0.15) is 5.69 Å². The van der Waals surface area contributed by atoms with E-state index in [2.05, 4.69) is 5.32 Å². The molecule has 126 valence electrons. The molecule has 8 heteroatoms. The molecule has 0 bridgehead atoms. The molecule has 1 aromatic carbocycles. The Morgan fingerprint density at radius 1 is 1.26 bits per heavy atom. The summed E-state index contributed by atoms with van der Waals surface area (Å²) < 4.78 is 0. The molecule has 0 radical (unpaired) electrons. The minimum atomic E-state index is -0.819. The fourth-order valence-electron chi connectivity index (χ4n) is 2.10. The quantitative estimate of drug-likeness (QED) is 0.385. The molecule has 0 heterocycles. The van der Waals surface area contributed by atoms with Gasteiger partial charge in [0.05, 0.1) is 11.5 Å². The lowest BCUT2D eigenvalue weighted by Gasteiger charge is -2.18. The minimum Gasteiger partial charge on any atom is -0.481 e. The SMILES string of the molecule is CN(CC(=O)NCCCCCC(=O)O)c1ccccc1[N+](=O)[O-]. The van der Waals surface area contributed by atoms with Crippen molar-refractivity contribution in [2.45, 2.75) is 25.7 Å². The number of hydrogen-bond acceptors (Lipinski definition) is 5. The average molecular weight is 323 g/mol. The van der Waals surface area contributed by atoms with Crippen molar-refractivity contribution >= 4 is 23.3 Å². The smallest absolute Gasteiger partial charge is 0.303 e. The highest BCUT2D eigenvalue weighted by molar-refractivity contribution is 5.82. The van der Waals surface area contributed by atoms with Crippen molar-refractivity contribution in [1.82, 2.24) is 5.32 Å². The molecule has 8 nitrogen and oxygen atoms in total. The predicted octanol–water partition coefficient (Wildman–Crippen LogP) is 1.79. The highest BCUT2D eigenvalue weighted by Gasteiger charge is 2.17. The van der Waals surface area contributed by atoms with Gasteiger partial charge in [0.2, 0.25) is 5.91 Å². The van der Waals surface area contributed by atoms with Crippen LogP contribution in [0.3, 0.4) is 0 Å². The lowest BCUT2D eigenvalue weighted by Crippen LogP contribution is -2.35. The summed E-state index contributed by atoms with van der Waals surface area (Å²) in [6.07, 6.45) is 2.15. The second-order valence-electron chi connectivity index (χ2n) is 5.16. The van der Waals surface area contributed by atoms with Crippen LogP contribution in [0, 0.1) is 10.1 Å². The van der Waals surface area contributed by atoms with Crippen LogP contribution in [-0.4, -0.2) is 42.0 Å². The Hall–Kier alpha value is -2.64. The number of carbonyl (C=O) groups excluding carboxylic acids is 1. The summed E-state index contributed by atoms with van der Waals surface area (Å²) in [6.45, 7) is 0.475. The van der Waals surface area contributed by atoms with E-state index in [0.29, 0.717) is 25.1 Å². The number of aliphatic carboxylic acids is 1. The molecule has 0 spiro atoms. The zero-order valence-corrected chi connectivity index (χ0v) is 13.0. The first kappa shape index (κ1) is 18.4. The fourth-order valence-corrected chi connectivity index (χ4v) is 2.10. The largest absolute Gasteiger partial charge is 0.481 e. The molecule has 1 aromatic rings. The summed E-state index contributed by atoms with van der Waals surface area (Å²) in [4.78, 5) is 34.2. The molecule has 0 fully saturated rings. The summed E-state index contributed by atoms with van der Waals surface area (Å²) in [5.41, 5.74) is 0.338. The third-order valence-electron chi connectivity index (χ3n) is 3.26. The predicted molar refractivity (Wildman–Crippen MR) is 85.5 cm³/mol. The number of amides is 1. The first-order valence-electron chi connectivity index (χ1n) is 7.35. The summed E-state index contributed by atoms with van der Waals surface area (Å²) in [6, 6.07) is 6.25. The van der Waals surface area contributed by atoms with Crippen LogP contribution in [-0.2, 0) is 9.59 Å². The molecule has 0 aliphatic heterocycles. The number of para-hydroxylation sites is 2. The lowest BCUT2D eigenvalue weighted by atomic mass is 10.2. The lowest BCUT2D eigenvalue weighted by molar-refractivity contribution is -0.384. The molecule has 1 rings (SSSR count). The van der Waals surface area contributed by atoms with Gasteiger partial charge in [-0.05, 0) is 18.9 Å². The van der Waals surface area contributed by atoms with Gasteiger partial charge in [0, 0.05) is 26.1 Å². The molecule has 0 aliphatic rings. The van der Waals surface area contributed by atoms with Gasteiger partial charge in [-0.3, -0.25) is 19.7 Å². The van der Waals surface area contributed by atoms with E-state index in [-0.39, 0.29) is 24.6 Å². The van der Waals surface area contributed by atoms with Crippen LogP contribution in [0.4, 0.5) is 11.4 Å². The highest BCUT2D eigenvalue weighted by Crippen LogP contribution is 2.26. The number of nitro benzene ring substituents is 1. The number of carboxylic acids is 1. The van der Waals surface area contributed by atoms with E-state index in [1.165, 1.54) is 11.0 Å². The standard InChI is InChI=1S/C15H21N3O5/c1-17(12-7-4-5-8-13(12)18(22)23)11-14(19)16-10-6-2-3-9-15(20)21/h4-5,7-8H,2-3,6,9-11H2,1H3,(H,16,19)(H,20,21). The van der Waals surface area contributed by atoms with E-state index in [0.717, 1.165) is 6.42 Å². The second kappa shape index (κ2) is 9.39. The number of nitrogens with one attached hydrogen (secondary N) is 1. The first-order valence-corrected chi connectivity index (χ1v) is 7.35. The van der Waals surface area contributed by atoms with Crippen LogP contribution in [0.25, 0.3) is 0 Å². The molecule has 0 aromatic heterocycles. The molecular formula is C15H21N3O5. The summed E-state index contributed by atoms with van der Waals surface area (Å²) in [7, 11) is 1.62. The maximum absolute atomic E-state index is 11.8. The molecule has 23 heavy (non-hydrogen) atoms. The Bertz CT molecular complexity index is 562.